The van der Waals surface area contributed by atoms with Gasteiger partial charge in [-0.2, -0.15) is 0 Å². The molecule has 0 saturated heterocycles. The van der Waals surface area contributed by atoms with Crippen molar-refractivity contribution in [1.29, 1.82) is 0 Å². The summed E-state index contributed by atoms with van der Waals surface area (Å²) in [5.74, 6) is 0.344. The van der Waals surface area contributed by atoms with E-state index in [1.807, 2.05) is 55.5 Å². The fourth-order valence-electron chi connectivity index (χ4n) is 2.47. The van der Waals surface area contributed by atoms with E-state index < -0.39 is 0 Å². The van der Waals surface area contributed by atoms with Crippen molar-refractivity contribution in [3.05, 3.63) is 82.5 Å². The number of hydrogen-bond acceptors (Lipinski definition) is 4. The van der Waals surface area contributed by atoms with Gasteiger partial charge < -0.3 is 10.6 Å². The van der Waals surface area contributed by atoms with E-state index in [9.17, 15) is 4.79 Å². The molecule has 0 radical (unpaired) electrons. The highest BCUT2D eigenvalue weighted by molar-refractivity contribution is 6.30. The number of nitrogens with one attached hydrogen (secondary N) is 2. The van der Waals surface area contributed by atoms with Crippen molar-refractivity contribution in [2.45, 2.75) is 13.3 Å². The van der Waals surface area contributed by atoms with Crippen molar-refractivity contribution in [3.63, 3.8) is 0 Å². The molecule has 0 fully saturated rings. The van der Waals surface area contributed by atoms with Crippen LogP contribution in [0.2, 0.25) is 5.02 Å². The Labute approximate surface area is 157 Å². The van der Waals surface area contributed by atoms with E-state index in [-0.39, 0.29) is 11.6 Å². The largest absolute Gasteiger partial charge is 0.350 e. The number of para-hydroxylation sites is 1. The summed E-state index contributed by atoms with van der Waals surface area (Å²) in [5.41, 5.74) is 3.42. The summed E-state index contributed by atoms with van der Waals surface area (Å²) < 4.78 is 0. The third kappa shape index (κ3) is 4.80. The van der Waals surface area contributed by atoms with Crippen LogP contribution in [-0.4, -0.2) is 22.6 Å². The fraction of sp³-hybridized carbons (Fsp3) is 0.150. The molecule has 0 unspecified atom stereocenters. The lowest BCUT2D eigenvalue weighted by Gasteiger charge is -2.08. The van der Waals surface area contributed by atoms with E-state index in [1.54, 1.807) is 12.1 Å². The minimum Gasteiger partial charge on any atom is -0.350 e. The van der Waals surface area contributed by atoms with Crippen LogP contribution >= 0.6 is 11.6 Å². The molecule has 0 aliphatic heterocycles. The first kappa shape index (κ1) is 17.9. The lowest BCUT2D eigenvalue weighted by Crippen LogP contribution is -2.26. The number of rotatable bonds is 6. The van der Waals surface area contributed by atoms with Gasteiger partial charge in [0, 0.05) is 17.3 Å². The normalized spacial score (nSPS) is 10.4. The van der Waals surface area contributed by atoms with Gasteiger partial charge in [-0.3, -0.25) is 4.79 Å². The second-order valence-corrected chi connectivity index (χ2v) is 6.32. The molecule has 0 aliphatic rings. The summed E-state index contributed by atoms with van der Waals surface area (Å²) in [6, 6.07) is 18.9. The maximum absolute atomic E-state index is 12.2. The molecule has 3 aromatic rings. The molecular weight excluding hydrogens is 348 g/mol. The molecule has 5 nitrogen and oxygen atoms in total. The molecule has 132 valence electrons. The highest BCUT2D eigenvalue weighted by Gasteiger charge is 2.08. The zero-order valence-corrected chi connectivity index (χ0v) is 15.1. The summed E-state index contributed by atoms with van der Waals surface area (Å²) in [4.78, 5) is 12.2. The number of anilines is 2. The molecule has 0 atom stereocenters. The first-order valence-electron chi connectivity index (χ1n) is 8.31. The zero-order valence-electron chi connectivity index (χ0n) is 14.4. The Bertz CT molecular complexity index is 896. The van der Waals surface area contributed by atoms with Crippen molar-refractivity contribution in [1.82, 2.24) is 15.5 Å². The first-order valence-corrected chi connectivity index (χ1v) is 8.68. The van der Waals surface area contributed by atoms with E-state index in [0.29, 0.717) is 23.8 Å². The Balaban J connectivity index is 1.54. The molecule has 0 spiro atoms. The van der Waals surface area contributed by atoms with Gasteiger partial charge in [-0.1, -0.05) is 41.9 Å². The van der Waals surface area contributed by atoms with Crippen molar-refractivity contribution >= 4 is 29.0 Å². The predicted molar refractivity (Wildman–Crippen MR) is 104 cm³/mol. The molecule has 26 heavy (non-hydrogen) atoms. The molecule has 0 bridgehead atoms. The molecule has 2 N–H and O–H groups in total. The summed E-state index contributed by atoms with van der Waals surface area (Å²) in [6.07, 6.45) is 0.701. The van der Waals surface area contributed by atoms with E-state index in [2.05, 4.69) is 20.8 Å². The second-order valence-electron chi connectivity index (χ2n) is 5.88. The van der Waals surface area contributed by atoms with Gasteiger partial charge in [0.05, 0.1) is 0 Å². The van der Waals surface area contributed by atoms with Crippen molar-refractivity contribution < 1.29 is 4.79 Å². The monoisotopic (exact) mass is 366 g/mol. The average molecular weight is 367 g/mol. The number of nitrogens with zero attached hydrogens (tertiary/aromatic N) is 2. The standard InChI is InChI=1S/C20H19ClN4O/c1-14-5-2-3-8-17(14)23-19-10-9-18(24-25-19)20(26)22-12-11-15-6-4-7-16(21)13-15/h2-10,13H,11-12H2,1H3,(H,22,26)(H,23,25). The van der Waals surface area contributed by atoms with Crippen LogP contribution in [0.3, 0.4) is 0 Å². The van der Waals surface area contributed by atoms with Crippen molar-refractivity contribution in [2.24, 2.45) is 0 Å². The van der Waals surface area contributed by atoms with Crippen molar-refractivity contribution in [3.8, 4) is 0 Å². The Morgan fingerprint density at radius 1 is 1.04 bits per heavy atom. The molecule has 2 aromatic carbocycles. The molecule has 0 aliphatic carbocycles. The minimum atomic E-state index is -0.248. The van der Waals surface area contributed by atoms with Crippen LogP contribution < -0.4 is 10.6 Å². The zero-order chi connectivity index (χ0) is 18.4. The Morgan fingerprint density at radius 2 is 1.88 bits per heavy atom. The third-order valence-corrected chi connectivity index (χ3v) is 4.13. The van der Waals surface area contributed by atoms with Gasteiger partial charge in [-0.15, -0.1) is 10.2 Å². The highest BCUT2D eigenvalue weighted by Crippen LogP contribution is 2.18. The van der Waals surface area contributed by atoms with Crippen LogP contribution in [0.4, 0.5) is 11.5 Å². The van der Waals surface area contributed by atoms with E-state index >= 15 is 0 Å². The van der Waals surface area contributed by atoms with Crippen LogP contribution in [-0.2, 0) is 6.42 Å². The molecule has 3 rings (SSSR count). The summed E-state index contributed by atoms with van der Waals surface area (Å²) in [5, 5.41) is 14.8. The molecular formula is C20H19ClN4O. The fourth-order valence-corrected chi connectivity index (χ4v) is 2.69. The maximum atomic E-state index is 12.2. The molecule has 6 heteroatoms. The molecule has 1 aromatic heterocycles. The lowest BCUT2D eigenvalue weighted by atomic mass is 10.1. The van der Waals surface area contributed by atoms with Gasteiger partial charge in [0.2, 0.25) is 0 Å². The Kier molecular flexibility index (Phi) is 5.81. The maximum Gasteiger partial charge on any atom is 0.271 e. The average Bonchev–Trinajstić information content (AvgIpc) is 2.64. The van der Waals surface area contributed by atoms with Gasteiger partial charge in [-0.25, -0.2) is 0 Å². The van der Waals surface area contributed by atoms with Crippen LogP contribution in [0.1, 0.15) is 21.6 Å². The Morgan fingerprint density at radius 3 is 2.62 bits per heavy atom. The van der Waals surface area contributed by atoms with Crippen LogP contribution in [0.25, 0.3) is 0 Å². The summed E-state index contributed by atoms with van der Waals surface area (Å²) in [7, 11) is 0. The number of aromatic nitrogens is 2. The number of amides is 1. The van der Waals surface area contributed by atoms with E-state index in [1.165, 1.54) is 0 Å². The van der Waals surface area contributed by atoms with E-state index in [4.69, 9.17) is 11.6 Å². The smallest absolute Gasteiger partial charge is 0.271 e. The quantitative estimate of drug-likeness (QED) is 0.687. The summed E-state index contributed by atoms with van der Waals surface area (Å²) in [6.45, 7) is 2.52. The Hall–Kier alpha value is -2.92. The van der Waals surface area contributed by atoms with Crippen LogP contribution in [0.5, 0.6) is 0 Å². The molecule has 1 heterocycles. The molecule has 1 amide bonds. The summed E-state index contributed by atoms with van der Waals surface area (Å²) >= 11 is 5.95. The van der Waals surface area contributed by atoms with Crippen LogP contribution in [0.15, 0.2) is 60.7 Å². The van der Waals surface area contributed by atoms with Gasteiger partial charge in [0.25, 0.3) is 5.91 Å². The van der Waals surface area contributed by atoms with Gasteiger partial charge >= 0.3 is 0 Å². The third-order valence-electron chi connectivity index (χ3n) is 3.89. The lowest BCUT2D eigenvalue weighted by molar-refractivity contribution is 0.0948. The van der Waals surface area contributed by atoms with E-state index in [0.717, 1.165) is 16.8 Å². The number of halogens is 1. The second kappa shape index (κ2) is 8.45. The van der Waals surface area contributed by atoms with Gasteiger partial charge in [0.1, 0.15) is 0 Å². The number of benzene rings is 2. The predicted octanol–water partition coefficient (Wildman–Crippen LogP) is 4.15. The number of carbonyl (C=O) groups excluding carboxylic acids is 1. The number of aryl methyl sites for hydroxylation is 1. The van der Waals surface area contributed by atoms with Crippen LogP contribution in [0, 0.1) is 6.92 Å². The van der Waals surface area contributed by atoms with Crippen molar-refractivity contribution in [2.75, 3.05) is 11.9 Å². The SMILES string of the molecule is Cc1ccccc1Nc1ccc(C(=O)NCCc2cccc(Cl)c2)nn1. The number of carbonyl (C=O) groups is 1. The minimum absolute atomic E-state index is 0.248. The van der Waals surface area contributed by atoms with Gasteiger partial charge in [0.15, 0.2) is 11.5 Å². The molecule has 0 saturated carbocycles. The topological polar surface area (TPSA) is 66.9 Å². The highest BCUT2D eigenvalue weighted by atomic mass is 35.5. The first-order chi connectivity index (χ1) is 12.6. The van der Waals surface area contributed by atoms with Gasteiger partial charge in [-0.05, 0) is 54.8 Å². The number of hydrogen-bond donors (Lipinski definition) is 2.